The SMILES string of the molecule is C#CCN(C)C(=O)c1ccc(Cl)cc1[N+](=O)[O-]. The van der Waals surface area contributed by atoms with E-state index in [1.165, 1.54) is 24.1 Å². The standard InChI is InChI=1S/C11H9ClN2O3/c1-3-6-13(2)11(15)9-5-4-8(12)7-10(9)14(16)17/h1,4-5,7H,6H2,2H3. The molecule has 0 fully saturated rings. The number of benzene rings is 1. The molecular formula is C11H9ClN2O3. The molecule has 88 valence electrons. The molecule has 0 aliphatic carbocycles. The Morgan fingerprint density at radius 3 is 2.82 bits per heavy atom. The second kappa shape index (κ2) is 5.32. The van der Waals surface area contributed by atoms with E-state index in [0.717, 1.165) is 6.07 Å². The molecule has 17 heavy (non-hydrogen) atoms. The highest BCUT2D eigenvalue weighted by atomic mass is 35.5. The molecule has 0 aliphatic heterocycles. The molecule has 1 amide bonds. The van der Waals surface area contributed by atoms with Gasteiger partial charge in [-0.1, -0.05) is 17.5 Å². The molecule has 0 heterocycles. The minimum atomic E-state index is -0.650. The molecule has 0 spiro atoms. The van der Waals surface area contributed by atoms with Gasteiger partial charge in [0.05, 0.1) is 11.5 Å². The molecule has 0 aromatic heterocycles. The van der Waals surface area contributed by atoms with Crippen molar-refractivity contribution < 1.29 is 9.72 Å². The van der Waals surface area contributed by atoms with E-state index < -0.39 is 10.8 Å². The molecule has 0 N–H and O–H groups in total. The minimum absolute atomic E-state index is 0.0304. The van der Waals surface area contributed by atoms with Gasteiger partial charge in [-0.25, -0.2) is 0 Å². The Bertz CT molecular complexity index is 508. The summed E-state index contributed by atoms with van der Waals surface area (Å²) in [7, 11) is 1.47. The largest absolute Gasteiger partial charge is 0.330 e. The van der Waals surface area contributed by atoms with Gasteiger partial charge in [-0.15, -0.1) is 6.42 Å². The lowest BCUT2D eigenvalue weighted by atomic mass is 10.1. The Labute approximate surface area is 103 Å². The third-order valence-electron chi connectivity index (χ3n) is 2.06. The summed E-state index contributed by atoms with van der Waals surface area (Å²) in [6.45, 7) is 0.0820. The van der Waals surface area contributed by atoms with E-state index in [1.807, 2.05) is 0 Å². The van der Waals surface area contributed by atoms with Crippen LogP contribution < -0.4 is 0 Å². The zero-order valence-electron chi connectivity index (χ0n) is 9.01. The van der Waals surface area contributed by atoms with E-state index in [9.17, 15) is 14.9 Å². The van der Waals surface area contributed by atoms with E-state index in [0.29, 0.717) is 0 Å². The summed E-state index contributed by atoms with van der Waals surface area (Å²) in [5, 5.41) is 11.0. The number of halogens is 1. The zero-order valence-corrected chi connectivity index (χ0v) is 9.77. The Hall–Kier alpha value is -2.06. The molecule has 0 saturated carbocycles. The summed E-state index contributed by atoms with van der Waals surface area (Å²) in [5.41, 5.74) is -0.358. The van der Waals surface area contributed by atoms with Crippen molar-refractivity contribution in [1.82, 2.24) is 4.90 Å². The van der Waals surface area contributed by atoms with Crippen LogP contribution in [0.5, 0.6) is 0 Å². The van der Waals surface area contributed by atoms with Crippen LogP contribution in [0.4, 0.5) is 5.69 Å². The molecule has 0 unspecified atom stereocenters. The molecule has 1 rings (SSSR count). The summed E-state index contributed by atoms with van der Waals surface area (Å²) in [4.78, 5) is 23.2. The van der Waals surface area contributed by atoms with Crippen LogP contribution >= 0.6 is 11.6 Å². The molecule has 0 bridgehead atoms. The van der Waals surface area contributed by atoms with Gasteiger partial charge in [0.1, 0.15) is 5.56 Å². The van der Waals surface area contributed by atoms with Gasteiger partial charge in [-0.2, -0.15) is 0 Å². The van der Waals surface area contributed by atoms with Gasteiger partial charge in [-0.3, -0.25) is 14.9 Å². The van der Waals surface area contributed by atoms with Gasteiger partial charge in [0.25, 0.3) is 11.6 Å². The van der Waals surface area contributed by atoms with E-state index in [-0.39, 0.29) is 22.8 Å². The molecule has 0 saturated heterocycles. The quantitative estimate of drug-likeness (QED) is 0.469. The second-order valence-corrected chi connectivity index (χ2v) is 3.72. The first-order valence-electron chi connectivity index (χ1n) is 4.60. The van der Waals surface area contributed by atoms with Crippen LogP contribution in [0.1, 0.15) is 10.4 Å². The fourth-order valence-corrected chi connectivity index (χ4v) is 1.42. The van der Waals surface area contributed by atoms with Crippen molar-refractivity contribution in [3.63, 3.8) is 0 Å². The van der Waals surface area contributed by atoms with E-state index in [4.69, 9.17) is 18.0 Å². The summed E-state index contributed by atoms with van der Waals surface area (Å²) in [5.74, 6) is 1.78. The Balaban J connectivity index is 3.18. The Morgan fingerprint density at radius 2 is 2.29 bits per heavy atom. The maximum absolute atomic E-state index is 11.9. The van der Waals surface area contributed by atoms with Crippen LogP contribution in [0.2, 0.25) is 5.02 Å². The average molecular weight is 253 g/mol. The Kier molecular flexibility index (Phi) is 4.07. The average Bonchev–Trinajstić information content (AvgIpc) is 2.28. The summed E-state index contributed by atoms with van der Waals surface area (Å²) in [6, 6.07) is 3.87. The fourth-order valence-electron chi connectivity index (χ4n) is 1.25. The van der Waals surface area contributed by atoms with Crippen molar-refractivity contribution in [3.05, 3.63) is 38.9 Å². The smallest absolute Gasteiger partial charge is 0.283 e. The number of nitro groups is 1. The molecule has 1 aromatic carbocycles. The number of nitro benzene ring substituents is 1. The molecule has 6 heteroatoms. The first-order chi connectivity index (χ1) is 7.97. The highest BCUT2D eigenvalue weighted by Crippen LogP contribution is 2.24. The van der Waals surface area contributed by atoms with Gasteiger partial charge in [0.15, 0.2) is 0 Å². The first-order valence-corrected chi connectivity index (χ1v) is 4.98. The van der Waals surface area contributed by atoms with E-state index in [2.05, 4.69) is 5.92 Å². The highest BCUT2D eigenvalue weighted by molar-refractivity contribution is 6.31. The fraction of sp³-hybridized carbons (Fsp3) is 0.182. The van der Waals surface area contributed by atoms with Crippen molar-refractivity contribution in [2.45, 2.75) is 0 Å². The number of hydrogen-bond acceptors (Lipinski definition) is 3. The lowest BCUT2D eigenvalue weighted by Crippen LogP contribution is -2.27. The van der Waals surface area contributed by atoms with Crippen molar-refractivity contribution in [3.8, 4) is 12.3 Å². The third kappa shape index (κ3) is 2.95. The summed E-state index contributed by atoms with van der Waals surface area (Å²) < 4.78 is 0. The molecule has 0 radical (unpaired) electrons. The number of terminal acetylenes is 1. The lowest BCUT2D eigenvalue weighted by molar-refractivity contribution is -0.385. The molecule has 0 aliphatic rings. The highest BCUT2D eigenvalue weighted by Gasteiger charge is 2.22. The minimum Gasteiger partial charge on any atom is -0.330 e. The molecule has 0 atom stereocenters. The summed E-state index contributed by atoms with van der Waals surface area (Å²) in [6.07, 6.45) is 5.07. The van der Waals surface area contributed by atoms with E-state index >= 15 is 0 Å². The normalized spacial score (nSPS) is 9.47. The lowest BCUT2D eigenvalue weighted by Gasteiger charge is -2.13. The van der Waals surface area contributed by atoms with E-state index in [1.54, 1.807) is 0 Å². The maximum atomic E-state index is 11.9. The van der Waals surface area contributed by atoms with Crippen LogP contribution in [-0.4, -0.2) is 29.3 Å². The van der Waals surface area contributed by atoms with Crippen LogP contribution in [0.3, 0.4) is 0 Å². The van der Waals surface area contributed by atoms with Crippen LogP contribution in [0.25, 0.3) is 0 Å². The predicted octanol–water partition coefficient (Wildman–Crippen LogP) is 1.95. The van der Waals surface area contributed by atoms with Crippen LogP contribution in [0.15, 0.2) is 18.2 Å². The number of nitrogens with zero attached hydrogens (tertiary/aromatic N) is 2. The maximum Gasteiger partial charge on any atom is 0.283 e. The van der Waals surface area contributed by atoms with Gasteiger partial charge in [-0.05, 0) is 12.1 Å². The van der Waals surface area contributed by atoms with Crippen molar-refractivity contribution in [2.24, 2.45) is 0 Å². The first kappa shape index (κ1) is 13.0. The van der Waals surface area contributed by atoms with Gasteiger partial charge >= 0.3 is 0 Å². The monoisotopic (exact) mass is 252 g/mol. The number of carbonyl (C=O) groups excluding carboxylic acids is 1. The van der Waals surface area contributed by atoms with Crippen molar-refractivity contribution in [2.75, 3.05) is 13.6 Å². The van der Waals surface area contributed by atoms with Gasteiger partial charge in [0, 0.05) is 18.1 Å². The van der Waals surface area contributed by atoms with Crippen LogP contribution in [-0.2, 0) is 0 Å². The second-order valence-electron chi connectivity index (χ2n) is 3.28. The predicted molar refractivity (Wildman–Crippen MR) is 63.9 cm³/mol. The number of carbonyl (C=O) groups is 1. The number of amides is 1. The zero-order chi connectivity index (χ0) is 13.0. The molecule has 1 aromatic rings. The Morgan fingerprint density at radius 1 is 1.65 bits per heavy atom. The number of hydrogen-bond donors (Lipinski definition) is 0. The van der Waals surface area contributed by atoms with Crippen molar-refractivity contribution >= 4 is 23.2 Å². The molecule has 5 nitrogen and oxygen atoms in total. The third-order valence-corrected chi connectivity index (χ3v) is 2.30. The number of rotatable bonds is 3. The van der Waals surface area contributed by atoms with Crippen LogP contribution in [0, 0.1) is 22.5 Å². The topological polar surface area (TPSA) is 63.5 Å². The van der Waals surface area contributed by atoms with Gasteiger partial charge < -0.3 is 4.90 Å². The van der Waals surface area contributed by atoms with Crippen molar-refractivity contribution in [1.29, 1.82) is 0 Å². The summed E-state index contributed by atoms with van der Waals surface area (Å²) >= 11 is 5.64. The molecular weight excluding hydrogens is 244 g/mol. The van der Waals surface area contributed by atoms with Gasteiger partial charge in [0.2, 0.25) is 0 Å².